The molecule has 0 aliphatic heterocycles. The van der Waals surface area contributed by atoms with Crippen LogP contribution >= 0.6 is 0 Å². The van der Waals surface area contributed by atoms with E-state index in [1.165, 1.54) is 12.8 Å². The lowest BCUT2D eigenvalue weighted by molar-refractivity contribution is 0.415. The average Bonchev–Trinajstić information content (AvgIpc) is 3.09. The first-order chi connectivity index (χ1) is 8.86. The summed E-state index contributed by atoms with van der Waals surface area (Å²) in [5.74, 6) is 1.69. The molecule has 2 heterocycles. The summed E-state index contributed by atoms with van der Waals surface area (Å²) in [5.41, 5.74) is 1.10. The Morgan fingerprint density at radius 1 is 1.33 bits per heavy atom. The first-order valence-electron chi connectivity index (χ1n) is 6.07. The Balaban J connectivity index is 1.90. The fourth-order valence-electron chi connectivity index (χ4n) is 2.33. The molecule has 5 nitrogen and oxygen atoms in total. The van der Waals surface area contributed by atoms with Crippen molar-refractivity contribution < 1.29 is 4.52 Å². The number of nitrogens with zero attached hydrogens (tertiary/aromatic N) is 4. The lowest BCUT2D eigenvalue weighted by Gasteiger charge is -1.99. The fourth-order valence-corrected chi connectivity index (χ4v) is 2.33. The number of aromatic nitrogens is 3. The van der Waals surface area contributed by atoms with Gasteiger partial charge in [0.2, 0.25) is 0 Å². The zero-order valence-electron chi connectivity index (χ0n) is 9.83. The highest BCUT2D eigenvalue weighted by atomic mass is 16.5. The standard InChI is InChI=1S/C13H12N4O/c14-8-11-7-10(5-6-15-11)13-16-12(17-18-13)9-3-1-2-4-9/h5-7,9H,1-4H2. The van der Waals surface area contributed by atoms with Crippen molar-refractivity contribution in [1.82, 2.24) is 15.1 Å². The van der Waals surface area contributed by atoms with Gasteiger partial charge in [0.15, 0.2) is 5.82 Å². The van der Waals surface area contributed by atoms with Crippen molar-refractivity contribution in [2.24, 2.45) is 0 Å². The van der Waals surface area contributed by atoms with Crippen molar-refractivity contribution in [3.63, 3.8) is 0 Å². The molecule has 2 aromatic rings. The van der Waals surface area contributed by atoms with Crippen molar-refractivity contribution in [1.29, 1.82) is 5.26 Å². The van der Waals surface area contributed by atoms with Crippen LogP contribution in [0.3, 0.4) is 0 Å². The van der Waals surface area contributed by atoms with E-state index in [-0.39, 0.29) is 0 Å². The molecule has 1 saturated carbocycles. The van der Waals surface area contributed by atoms with Gasteiger partial charge in [-0.25, -0.2) is 4.98 Å². The Bertz CT molecular complexity index is 593. The van der Waals surface area contributed by atoms with Gasteiger partial charge in [-0.05, 0) is 25.0 Å². The average molecular weight is 240 g/mol. The van der Waals surface area contributed by atoms with Crippen LogP contribution in [0.4, 0.5) is 0 Å². The number of hydrogen-bond acceptors (Lipinski definition) is 5. The minimum Gasteiger partial charge on any atom is -0.334 e. The second-order valence-corrected chi connectivity index (χ2v) is 4.48. The van der Waals surface area contributed by atoms with Crippen LogP contribution in [0.2, 0.25) is 0 Å². The molecule has 0 spiro atoms. The first-order valence-corrected chi connectivity index (χ1v) is 6.07. The Kier molecular flexibility index (Phi) is 2.77. The van der Waals surface area contributed by atoms with E-state index in [1.54, 1.807) is 18.3 Å². The lowest BCUT2D eigenvalue weighted by atomic mass is 10.1. The monoisotopic (exact) mass is 240 g/mol. The van der Waals surface area contributed by atoms with Crippen molar-refractivity contribution in [3.8, 4) is 17.5 Å². The Morgan fingerprint density at radius 3 is 2.94 bits per heavy atom. The summed E-state index contributed by atoms with van der Waals surface area (Å²) in [5, 5.41) is 12.8. The molecule has 1 aliphatic rings. The van der Waals surface area contributed by atoms with E-state index >= 15 is 0 Å². The summed E-state index contributed by atoms with van der Waals surface area (Å²) < 4.78 is 5.26. The molecule has 1 aliphatic carbocycles. The molecule has 1 fully saturated rings. The van der Waals surface area contributed by atoms with Crippen LogP contribution in [-0.2, 0) is 0 Å². The summed E-state index contributed by atoms with van der Waals surface area (Å²) in [6.45, 7) is 0. The first kappa shape index (κ1) is 10.9. The molecule has 0 atom stereocenters. The zero-order valence-corrected chi connectivity index (χ0v) is 9.83. The molecule has 2 aromatic heterocycles. The third kappa shape index (κ3) is 1.97. The van der Waals surface area contributed by atoms with Crippen LogP contribution in [-0.4, -0.2) is 15.1 Å². The molecule has 0 N–H and O–H groups in total. The highest BCUT2D eigenvalue weighted by molar-refractivity contribution is 5.54. The third-order valence-electron chi connectivity index (χ3n) is 3.28. The number of hydrogen-bond donors (Lipinski definition) is 0. The highest BCUT2D eigenvalue weighted by Crippen LogP contribution is 2.33. The van der Waals surface area contributed by atoms with Crippen LogP contribution in [0.15, 0.2) is 22.9 Å². The molecule has 0 saturated heterocycles. The maximum absolute atomic E-state index is 8.81. The van der Waals surface area contributed by atoms with E-state index in [0.717, 1.165) is 24.2 Å². The molecule has 5 heteroatoms. The molecule has 90 valence electrons. The van der Waals surface area contributed by atoms with Crippen LogP contribution in [0.1, 0.15) is 43.1 Å². The summed E-state index contributed by atoms with van der Waals surface area (Å²) in [6.07, 6.45) is 6.33. The number of rotatable bonds is 2. The largest absolute Gasteiger partial charge is 0.334 e. The smallest absolute Gasteiger partial charge is 0.258 e. The molecule has 3 rings (SSSR count). The molecule has 18 heavy (non-hydrogen) atoms. The maximum Gasteiger partial charge on any atom is 0.258 e. The van der Waals surface area contributed by atoms with E-state index in [1.807, 2.05) is 6.07 Å². The van der Waals surface area contributed by atoms with Crippen molar-refractivity contribution >= 4 is 0 Å². The summed E-state index contributed by atoms with van der Waals surface area (Å²) in [6, 6.07) is 5.43. The SMILES string of the molecule is N#Cc1cc(-c2nc(C3CCCC3)no2)ccn1. The normalized spacial score (nSPS) is 15.7. The number of nitriles is 1. The molecule has 0 amide bonds. The molecular formula is C13H12N4O. The summed E-state index contributed by atoms with van der Waals surface area (Å²) >= 11 is 0. The predicted octanol–water partition coefficient (Wildman–Crippen LogP) is 2.66. The zero-order chi connectivity index (χ0) is 12.4. The van der Waals surface area contributed by atoms with Crippen LogP contribution < -0.4 is 0 Å². The van der Waals surface area contributed by atoms with E-state index in [2.05, 4.69) is 15.1 Å². The van der Waals surface area contributed by atoms with Crippen LogP contribution in [0, 0.1) is 11.3 Å². The van der Waals surface area contributed by atoms with Gasteiger partial charge in [-0.1, -0.05) is 18.0 Å². The second kappa shape index (κ2) is 4.57. The van der Waals surface area contributed by atoms with Gasteiger partial charge in [-0.15, -0.1) is 0 Å². The molecule has 0 aromatic carbocycles. The van der Waals surface area contributed by atoms with E-state index in [9.17, 15) is 0 Å². The van der Waals surface area contributed by atoms with E-state index in [4.69, 9.17) is 9.78 Å². The Morgan fingerprint density at radius 2 is 2.17 bits per heavy atom. The van der Waals surface area contributed by atoms with Crippen molar-refractivity contribution in [2.75, 3.05) is 0 Å². The predicted molar refractivity (Wildman–Crippen MR) is 63.5 cm³/mol. The minimum atomic E-state index is 0.355. The molecule has 0 bridgehead atoms. The van der Waals surface area contributed by atoms with Gasteiger partial charge < -0.3 is 4.52 Å². The lowest BCUT2D eigenvalue weighted by Crippen LogP contribution is -1.94. The van der Waals surface area contributed by atoms with Gasteiger partial charge >= 0.3 is 0 Å². The topological polar surface area (TPSA) is 75.6 Å². The second-order valence-electron chi connectivity index (χ2n) is 4.48. The number of pyridine rings is 1. The highest BCUT2D eigenvalue weighted by Gasteiger charge is 2.22. The third-order valence-corrected chi connectivity index (χ3v) is 3.28. The van der Waals surface area contributed by atoms with Gasteiger partial charge in [0, 0.05) is 17.7 Å². The maximum atomic E-state index is 8.81. The quantitative estimate of drug-likeness (QED) is 0.806. The van der Waals surface area contributed by atoms with Gasteiger partial charge in [0.05, 0.1) is 0 Å². The molecular weight excluding hydrogens is 228 g/mol. The van der Waals surface area contributed by atoms with Gasteiger partial charge in [0.25, 0.3) is 5.89 Å². The Hall–Kier alpha value is -2.22. The van der Waals surface area contributed by atoms with Crippen LogP contribution in [0.5, 0.6) is 0 Å². The van der Waals surface area contributed by atoms with E-state index < -0.39 is 0 Å². The molecule has 0 radical (unpaired) electrons. The minimum absolute atomic E-state index is 0.355. The van der Waals surface area contributed by atoms with Gasteiger partial charge in [-0.3, -0.25) is 0 Å². The fraction of sp³-hybridized carbons (Fsp3) is 0.385. The Labute approximate surface area is 104 Å². The van der Waals surface area contributed by atoms with Crippen molar-refractivity contribution in [2.45, 2.75) is 31.6 Å². The van der Waals surface area contributed by atoms with E-state index in [0.29, 0.717) is 17.5 Å². The van der Waals surface area contributed by atoms with Crippen molar-refractivity contribution in [3.05, 3.63) is 29.8 Å². The summed E-state index contributed by atoms with van der Waals surface area (Å²) in [4.78, 5) is 8.34. The van der Waals surface area contributed by atoms with Gasteiger partial charge in [0.1, 0.15) is 11.8 Å². The van der Waals surface area contributed by atoms with Crippen LogP contribution in [0.25, 0.3) is 11.5 Å². The summed E-state index contributed by atoms with van der Waals surface area (Å²) in [7, 11) is 0. The molecule has 0 unspecified atom stereocenters. The van der Waals surface area contributed by atoms with Gasteiger partial charge in [-0.2, -0.15) is 10.2 Å².